The maximum atomic E-state index is 12.5. The predicted octanol–water partition coefficient (Wildman–Crippen LogP) is 1.87. The van der Waals surface area contributed by atoms with Crippen molar-refractivity contribution in [3.63, 3.8) is 0 Å². The van der Waals surface area contributed by atoms with Crippen molar-refractivity contribution in [2.75, 3.05) is 26.3 Å². The minimum absolute atomic E-state index is 0.0916. The summed E-state index contributed by atoms with van der Waals surface area (Å²) in [4.78, 5) is 18.9. The lowest BCUT2D eigenvalue weighted by Gasteiger charge is -2.30. The van der Waals surface area contributed by atoms with Gasteiger partial charge < -0.3 is 14.2 Å². The Hall–Kier alpha value is -1.73. The summed E-state index contributed by atoms with van der Waals surface area (Å²) >= 11 is 1.63. The SMILES string of the molecule is Cc1noc([C@@H]2COC[C@@H]3CN(C(=O)Cc4ccsc4)C[C@@H]32)n1. The Labute approximate surface area is 138 Å². The molecule has 4 heterocycles. The quantitative estimate of drug-likeness (QED) is 0.858. The van der Waals surface area contributed by atoms with Gasteiger partial charge in [-0.2, -0.15) is 16.3 Å². The molecule has 3 atom stereocenters. The number of thiophene rings is 1. The van der Waals surface area contributed by atoms with Crippen molar-refractivity contribution in [2.24, 2.45) is 11.8 Å². The van der Waals surface area contributed by atoms with Gasteiger partial charge >= 0.3 is 0 Å². The van der Waals surface area contributed by atoms with E-state index < -0.39 is 0 Å². The van der Waals surface area contributed by atoms with Crippen LogP contribution in [0.5, 0.6) is 0 Å². The third-order valence-corrected chi connectivity index (χ3v) is 5.52. The van der Waals surface area contributed by atoms with E-state index in [1.165, 1.54) is 0 Å². The monoisotopic (exact) mass is 333 g/mol. The van der Waals surface area contributed by atoms with Crippen LogP contribution in [0.1, 0.15) is 23.2 Å². The highest BCUT2D eigenvalue weighted by atomic mass is 32.1. The van der Waals surface area contributed by atoms with Crippen molar-refractivity contribution in [3.8, 4) is 0 Å². The highest BCUT2D eigenvalue weighted by Crippen LogP contribution is 2.39. The first-order valence-electron chi connectivity index (χ1n) is 7.87. The van der Waals surface area contributed by atoms with Gasteiger partial charge in [-0.1, -0.05) is 5.16 Å². The van der Waals surface area contributed by atoms with Crippen molar-refractivity contribution in [2.45, 2.75) is 19.3 Å². The fourth-order valence-electron chi connectivity index (χ4n) is 3.60. The summed E-state index contributed by atoms with van der Waals surface area (Å²) in [7, 11) is 0. The molecule has 23 heavy (non-hydrogen) atoms. The van der Waals surface area contributed by atoms with Crippen molar-refractivity contribution >= 4 is 17.2 Å². The average molecular weight is 333 g/mol. The number of rotatable bonds is 3. The standard InChI is InChI=1S/C16H19N3O3S/c1-10-17-16(22-18-10)14-8-21-7-12-5-19(6-13(12)14)15(20)4-11-2-3-23-9-11/h2-3,9,12-14H,4-8H2,1H3/t12-,13-,14+/m0/s1. The van der Waals surface area contributed by atoms with E-state index in [0.29, 0.717) is 43.2 Å². The molecule has 0 N–H and O–H groups in total. The number of carbonyl (C=O) groups excluding carboxylic acids is 1. The first kappa shape index (κ1) is 14.8. The summed E-state index contributed by atoms with van der Waals surface area (Å²) in [5.41, 5.74) is 1.09. The number of likely N-dealkylation sites (tertiary alicyclic amines) is 1. The van der Waals surface area contributed by atoms with Crippen LogP contribution in [0.4, 0.5) is 0 Å². The lowest BCUT2D eigenvalue weighted by molar-refractivity contribution is -0.129. The number of ether oxygens (including phenoxy) is 1. The molecule has 2 aliphatic heterocycles. The van der Waals surface area contributed by atoms with E-state index >= 15 is 0 Å². The van der Waals surface area contributed by atoms with Crippen molar-refractivity contribution in [1.82, 2.24) is 15.0 Å². The summed E-state index contributed by atoms with van der Waals surface area (Å²) in [6, 6.07) is 2.01. The molecule has 2 fully saturated rings. The van der Waals surface area contributed by atoms with Gasteiger partial charge in [0, 0.05) is 19.0 Å². The smallest absolute Gasteiger partial charge is 0.232 e. The molecule has 2 saturated heterocycles. The van der Waals surface area contributed by atoms with Gasteiger partial charge in [-0.15, -0.1) is 0 Å². The molecule has 0 saturated carbocycles. The van der Waals surface area contributed by atoms with E-state index in [1.54, 1.807) is 11.3 Å². The maximum Gasteiger partial charge on any atom is 0.232 e. The van der Waals surface area contributed by atoms with E-state index in [-0.39, 0.29) is 11.8 Å². The Balaban J connectivity index is 1.47. The van der Waals surface area contributed by atoms with Crippen LogP contribution < -0.4 is 0 Å². The zero-order chi connectivity index (χ0) is 15.8. The van der Waals surface area contributed by atoms with Crippen molar-refractivity contribution in [1.29, 1.82) is 0 Å². The largest absolute Gasteiger partial charge is 0.380 e. The zero-order valence-electron chi connectivity index (χ0n) is 13.0. The van der Waals surface area contributed by atoms with Crippen LogP contribution in [0.3, 0.4) is 0 Å². The molecule has 0 unspecified atom stereocenters. The van der Waals surface area contributed by atoms with Gasteiger partial charge in [0.1, 0.15) is 0 Å². The number of carbonyl (C=O) groups is 1. The van der Waals surface area contributed by atoms with Gasteiger partial charge in [0.25, 0.3) is 0 Å². The predicted molar refractivity (Wildman–Crippen MR) is 84.2 cm³/mol. The molecule has 6 nitrogen and oxygen atoms in total. The second-order valence-electron chi connectivity index (χ2n) is 6.35. The maximum absolute atomic E-state index is 12.5. The number of amides is 1. The van der Waals surface area contributed by atoms with Gasteiger partial charge in [-0.25, -0.2) is 0 Å². The average Bonchev–Trinajstić information content (AvgIpc) is 3.26. The minimum Gasteiger partial charge on any atom is -0.380 e. The molecule has 2 aliphatic rings. The van der Waals surface area contributed by atoms with Gasteiger partial charge in [0.15, 0.2) is 5.82 Å². The Morgan fingerprint density at radius 3 is 3.09 bits per heavy atom. The third kappa shape index (κ3) is 2.90. The molecular weight excluding hydrogens is 314 g/mol. The highest BCUT2D eigenvalue weighted by molar-refractivity contribution is 7.07. The summed E-state index contributed by atoms with van der Waals surface area (Å²) in [6.45, 7) is 4.63. The highest BCUT2D eigenvalue weighted by Gasteiger charge is 2.44. The molecule has 2 aromatic heterocycles. The number of hydrogen-bond acceptors (Lipinski definition) is 6. The minimum atomic E-state index is 0.0916. The van der Waals surface area contributed by atoms with Gasteiger partial charge in [0.2, 0.25) is 11.8 Å². The Bertz CT molecular complexity index is 685. The van der Waals surface area contributed by atoms with E-state index in [9.17, 15) is 4.79 Å². The van der Waals surface area contributed by atoms with E-state index in [0.717, 1.165) is 18.7 Å². The second kappa shape index (κ2) is 6.05. The summed E-state index contributed by atoms with van der Waals surface area (Å²) < 4.78 is 11.1. The summed E-state index contributed by atoms with van der Waals surface area (Å²) in [5.74, 6) is 2.27. The van der Waals surface area contributed by atoms with Crippen LogP contribution in [-0.4, -0.2) is 47.3 Å². The van der Waals surface area contributed by atoms with Crippen LogP contribution in [0.15, 0.2) is 21.3 Å². The first-order valence-corrected chi connectivity index (χ1v) is 8.82. The lowest BCUT2D eigenvalue weighted by atomic mass is 9.83. The number of hydrogen-bond donors (Lipinski definition) is 0. The van der Waals surface area contributed by atoms with Crippen LogP contribution >= 0.6 is 11.3 Å². The molecule has 0 bridgehead atoms. The van der Waals surface area contributed by atoms with Crippen LogP contribution in [-0.2, 0) is 16.0 Å². The van der Waals surface area contributed by atoms with Gasteiger partial charge in [-0.05, 0) is 35.2 Å². The first-order chi connectivity index (χ1) is 11.2. The normalized spacial score (nSPS) is 27.2. The van der Waals surface area contributed by atoms with E-state index in [4.69, 9.17) is 9.26 Å². The van der Waals surface area contributed by atoms with Crippen LogP contribution in [0.25, 0.3) is 0 Å². The zero-order valence-corrected chi connectivity index (χ0v) is 13.8. The van der Waals surface area contributed by atoms with E-state index in [2.05, 4.69) is 10.1 Å². The van der Waals surface area contributed by atoms with Crippen molar-refractivity contribution < 1.29 is 14.1 Å². The molecule has 0 aromatic carbocycles. The Morgan fingerprint density at radius 2 is 2.35 bits per heavy atom. The molecule has 7 heteroatoms. The lowest BCUT2D eigenvalue weighted by Crippen LogP contribution is -2.33. The van der Waals surface area contributed by atoms with Crippen molar-refractivity contribution in [3.05, 3.63) is 34.1 Å². The topological polar surface area (TPSA) is 68.5 Å². The second-order valence-corrected chi connectivity index (χ2v) is 7.13. The molecule has 4 rings (SSSR count). The molecule has 0 spiro atoms. The third-order valence-electron chi connectivity index (χ3n) is 4.79. The van der Waals surface area contributed by atoms with Crippen LogP contribution in [0.2, 0.25) is 0 Å². The molecular formula is C16H19N3O3S. The number of fused-ring (bicyclic) bond motifs is 1. The molecule has 122 valence electrons. The summed E-state index contributed by atoms with van der Waals surface area (Å²) in [5, 5.41) is 7.93. The molecule has 1 amide bonds. The number of nitrogens with zero attached hydrogens (tertiary/aromatic N) is 3. The van der Waals surface area contributed by atoms with Gasteiger partial charge in [0.05, 0.1) is 25.6 Å². The van der Waals surface area contributed by atoms with Gasteiger partial charge in [-0.3, -0.25) is 4.79 Å². The summed E-state index contributed by atoms with van der Waals surface area (Å²) in [6.07, 6.45) is 0.480. The van der Waals surface area contributed by atoms with Crippen LogP contribution in [0, 0.1) is 18.8 Å². The molecule has 2 aromatic rings. The molecule has 0 radical (unpaired) electrons. The Morgan fingerprint density at radius 1 is 1.43 bits per heavy atom. The fourth-order valence-corrected chi connectivity index (χ4v) is 4.27. The number of aryl methyl sites for hydroxylation is 1. The molecule has 0 aliphatic carbocycles. The van der Waals surface area contributed by atoms with E-state index in [1.807, 2.05) is 28.7 Å². The Kier molecular flexibility index (Phi) is 3.90. The number of aromatic nitrogens is 2. The fraction of sp³-hybridized carbons (Fsp3) is 0.562.